The third kappa shape index (κ3) is 2.87. The number of aryl methyl sites for hydroxylation is 1. The number of hydrogen-bond acceptors (Lipinski definition) is 7. The molecule has 0 unspecified atom stereocenters. The number of benzene rings is 1. The van der Waals surface area contributed by atoms with Crippen molar-refractivity contribution in [1.29, 1.82) is 0 Å². The molecule has 4 rings (SSSR count). The number of nitrogens with zero attached hydrogens (tertiary/aromatic N) is 2. The van der Waals surface area contributed by atoms with E-state index in [1.165, 1.54) is 23.3 Å². The van der Waals surface area contributed by atoms with Crippen LogP contribution in [0.2, 0.25) is 0 Å². The van der Waals surface area contributed by atoms with Gasteiger partial charge in [0.2, 0.25) is 5.78 Å². The summed E-state index contributed by atoms with van der Waals surface area (Å²) < 4.78 is 10.4. The lowest BCUT2D eigenvalue weighted by Gasteiger charge is -2.24. The number of rotatable bonds is 5. The second kappa shape index (κ2) is 6.97. The van der Waals surface area contributed by atoms with Crippen LogP contribution >= 0.6 is 11.3 Å². The topological polar surface area (TPSA) is 92.9 Å². The van der Waals surface area contributed by atoms with Crippen LogP contribution in [-0.4, -0.2) is 29.1 Å². The molecule has 28 heavy (non-hydrogen) atoms. The van der Waals surface area contributed by atoms with Crippen molar-refractivity contribution >= 4 is 28.8 Å². The molecule has 8 heteroatoms. The van der Waals surface area contributed by atoms with Gasteiger partial charge in [-0.15, -0.1) is 11.3 Å². The third-order valence-electron chi connectivity index (χ3n) is 4.47. The number of hydrogen-bond donors (Lipinski definition) is 1. The van der Waals surface area contributed by atoms with E-state index in [-0.39, 0.29) is 11.4 Å². The molecule has 0 radical (unpaired) electrons. The summed E-state index contributed by atoms with van der Waals surface area (Å²) in [5, 5.41) is 16.3. The molecule has 3 heterocycles. The van der Waals surface area contributed by atoms with E-state index in [1.54, 1.807) is 54.8 Å². The number of ketones is 1. The Hall–Kier alpha value is -3.39. The molecular weight excluding hydrogens is 380 g/mol. The Kier molecular flexibility index (Phi) is 4.48. The van der Waals surface area contributed by atoms with Crippen molar-refractivity contribution in [3.8, 4) is 5.75 Å². The molecule has 0 bridgehead atoms. The highest BCUT2D eigenvalue weighted by Crippen LogP contribution is 2.42. The van der Waals surface area contributed by atoms with E-state index in [0.717, 1.165) is 0 Å². The maximum atomic E-state index is 13.1. The van der Waals surface area contributed by atoms with Gasteiger partial charge in [0.15, 0.2) is 11.6 Å². The van der Waals surface area contributed by atoms with Crippen LogP contribution in [0.3, 0.4) is 0 Å². The first-order valence-corrected chi connectivity index (χ1v) is 9.31. The number of methoxy groups -OCH3 is 1. The summed E-state index contributed by atoms with van der Waals surface area (Å²) in [5.74, 6) is -0.416. The fourth-order valence-electron chi connectivity index (χ4n) is 3.21. The minimum Gasteiger partial charge on any atom is -0.503 e. The monoisotopic (exact) mass is 396 g/mol. The van der Waals surface area contributed by atoms with Crippen LogP contribution in [0, 0.1) is 6.92 Å². The van der Waals surface area contributed by atoms with E-state index >= 15 is 0 Å². The molecule has 1 amide bonds. The molecule has 1 aliphatic rings. The molecule has 1 atom stereocenters. The Balaban J connectivity index is 1.89. The quantitative estimate of drug-likeness (QED) is 0.659. The Labute approximate surface area is 164 Å². The minimum atomic E-state index is -0.860. The van der Waals surface area contributed by atoms with Crippen LogP contribution in [0.4, 0.5) is 5.82 Å². The van der Waals surface area contributed by atoms with Gasteiger partial charge in [0.1, 0.15) is 11.5 Å². The largest absolute Gasteiger partial charge is 0.503 e. The number of amides is 1. The predicted molar refractivity (Wildman–Crippen MR) is 103 cm³/mol. The summed E-state index contributed by atoms with van der Waals surface area (Å²) in [7, 11) is 1.53. The Bertz CT molecular complexity index is 1080. The average Bonchev–Trinajstić information content (AvgIpc) is 3.43. The zero-order valence-electron chi connectivity index (χ0n) is 15.1. The highest BCUT2D eigenvalue weighted by Gasteiger charge is 2.46. The van der Waals surface area contributed by atoms with Gasteiger partial charge in [-0.2, -0.15) is 0 Å². The number of anilines is 1. The average molecular weight is 396 g/mol. The van der Waals surface area contributed by atoms with E-state index in [2.05, 4.69) is 5.16 Å². The van der Waals surface area contributed by atoms with E-state index in [0.29, 0.717) is 22.0 Å². The fourth-order valence-corrected chi connectivity index (χ4v) is 3.89. The summed E-state index contributed by atoms with van der Waals surface area (Å²) in [6, 6.07) is 11.1. The zero-order valence-corrected chi connectivity index (χ0v) is 15.9. The van der Waals surface area contributed by atoms with Crippen molar-refractivity contribution in [3.05, 3.63) is 75.4 Å². The van der Waals surface area contributed by atoms with Gasteiger partial charge in [-0.1, -0.05) is 23.4 Å². The molecule has 1 N–H and O–H groups in total. The van der Waals surface area contributed by atoms with Crippen molar-refractivity contribution < 1.29 is 24.0 Å². The minimum absolute atomic E-state index is 0.00126. The van der Waals surface area contributed by atoms with Gasteiger partial charge in [-0.05, 0) is 36.1 Å². The van der Waals surface area contributed by atoms with E-state index in [4.69, 9.17) is 9.26 Å². The van der Waals surface area contributed by atoms with Crippen molar-refractivity contribution in [2.24, 2.45) is 0 Å². The first kappa shape index (κ1) is 18.0. The number of thiophene rings is 1. The van der Waals surface area contributed by atoms with Crippen molar-refractivity contribution in [1.82, 2.24) is 5.16 Å². The summed E-state index contributed by atoms with van der Waals surface area (Å²) in [6.07, 6.45) is 0. The summed E-state index contributed by atoms with van der Waals surface area (Å²) in [5.41, 5.74) is 0.610. The van der Waals surface area contributed by atoms with Crippen LogP contribution in [-0.2, 0) is 4.79 Å². The second-order valence-electron chi connectivity index (χ2n) is 6.22. The SMILES string of the molecule is COc1cccc([C@@H]2C(C(=O)c3cccs3)=C(O)C(=O)N2c2cc(C)on2)c1. The highest BCUT2D eigenvalue weighted by molar-refractivity contribution is 7.12. The van der Waals surface area contributed by atoms with Gasteiger partial charge in [0, 0.05) is 6.07 Å². The van der Waals surface area contributed by atoms with Crippen LogP contribution in [0.1, 0.15) is 27.0 Å². The molecule has 0 spiro atoms. The number of carbonyl (C=O) groups is 2. The molecule has 2 aromatic heterocycles. The normalized spacial score (nSPS) is 16.7. The Morgan fingerprint density at radius 2 is 2.11 bits per heavy atom. The van der Waals surface area contributed by atoms with Gasteiger partial charge in [0.25, 0.3) is 5.91 Å². The third-order valence-corrected chi connectivity index (χ3v) is 5.34. The molecule has 142 valence electrons. The summed E-state index contributed by atoms with van der Waals surface area (Å²) in [4.78, 5) is 27.7. The smallest absolute Gasteiger partial charge is 0.295 e. The molecule has 1 aliphatic heterocycles. The molecule has 7 nitrogen and oxygen atoms in total. The standard InChI is InChI=1S/C20H16N2O5S/c1-11-9-15(21-27-11)22-17(12-5-3-6-13(10-12)26-2)16(19(24)20(22)25)18(23)14-7-4-8-28-14/h3-10,17,24H,1-2H3/t17-/m1/s1. The predicted octanol–water partition coefficient (Wildman–Crippen LogP) is 3.84. The number of aromatic nitrogens is 1. The van der Waals surface area contributed by atoms with Crippen LogP contribution in [0.25, 0.3) is 0 Å². The lowest BCUT2D eigenvalue weighted by Crippen LogP contribution is -2.31. The van der Waals surface area contributed by atoms with Gasteiger partial charge >= 0.3 is 0 Å². The van der Waals surface area contributed by atoms with Crippen molar-refractivity contribution in [2.45, 2.75) is 13.0 Å². The maximum absolute atomic E-state index is 13.1. The molecule has 0 saturated heterocycles. The maximum Gasteiger partial charge on any atom is 0.295 e. The molecule has 1 aromatic carbocycles. The fraction of sp³-hybridized carbons (Fsp3) is 0.150. The number of aliphatic hydroxyl groups excluding tert-OH is 1. The molecule has 0 aliphatic carbocycles. The number of ether oxygens (including phenoxy) is 1. The van der Waals surface area contributed by atoms with Gasteiger partial charge < -0.3 is 14.4 Å². The van der Waals surface area contributed by atoms with Crippen LogP contribution in [0.5, 0.6) is 5.75 Å². The van der Waals surface area contributed by atoms with Crippen molar-refractivity contribution in [2.75, 3.05) is 12.0 Å². The van der Waals surface area contributed by atoms with Gasteiger partial charge in [0.05, 0.1) is 23.6 Å². The van der Waals surface area contributed by atoms with Crippen LogP contribution < -0.4 is 9.64 Å². The van der Waals surface area contributed by atoms with E-state index in [1.807, 2.05) is 0 Å². The molecular formula is C20H16N2O5S. The molecule has 0 fully saturated rings. The molecule has 3 aromatic rings. The van der Waals surface area contributed by atoms with Crippen LogP contribution in [0.15, 0.2) is 63.7 Å². The van der Waals surface area contributed by atoms with Gasteiger partial charge in [-0.25, -0.2) is 0 Å². The van der Waals surface area contributed by atoms with E-state index < -0.39 is 23.5 Å². The second-order valence-corrected chi connectivity index (χ2v) is 7.17. The Morgan fingerprint density at radius 1 is 1.29 bits per heavy atom. The summed E-state index contributed by atoms with van der Waals surface area (Å²) in [6.45, 7) is 1.70. The van der Waals surface area contributed by atoms with E-state index in [9.17, 15) is 14.7 Å². The number of carbonyl (C=O) groups excluding carboxylic acids is 2. The first-order valence-electron chi connectivity index (χ1n) is 8.43. The summed E-state index contributed by atoms with van der Waals surface area (Å²) >= 11 is 1.24. The molecule has 0 saturated carbocycles. The number of aliphatic hydroxyl groups is 1. The van der Waals surface area contributed by atoms with Crippen molar-refractivity contribution in [3.63, 3.8) is 0 Å². The highest BCUT2D eigenvalue weighted by atomic mass is 32.1. The first-order chi connectivity index (χ1) is 13.5. The lowest BCUT2D eigenvalue weighted by atomic mass is 9.95. The zero-order chi connectivity index (χ0) is 19.8. The number of Topliss-reactive ketones (excluding diaryl/α,β-unsaturated/α-hetero) is 1. The van der Waals surface area contributed by atoms with Gasteiger partial charge in [-0.3, -0.25) is 14.5 Å². The lowest BCUT2D eigenvalue weighted by molar-refractivity contribution is -0.117. The Morgan fingerprint density at radius 3 is 2.75 bits per heavy atom.